The molecule has 1 heterocycles. The molecule has 8 heteroatoms. The highest BCUT2D eigenvalue weighted by molar-refractivity contribution is 6.22. The van der Waals surface area contributed by atoms with Gasteiger partial charge in [-0.15, -0.1) is 0 Å². The smallest absolute Gasteiger partial charge is 0.338 e. The first-order chi connectivity index (χ1) is 14.2. The number of amides is 3. The van der Waals surface area contributed by atoms with Crippen LogP contribution in [0.1, 0.15) is 58.3 Å². The van der Waals surface area contributed by atoms with Gasteiger partial charge in [0.15, 0.2) is 6.10 Å². The number of hydrogen-bond donors (Lipinski definition) is 1. The third-order valence-electron chi connectivity index (χ3n) is 4.95. The Kier molecular flexibility index (Phi) is 5.96. The molecule has 0 bridgehead atoms. The number of fused-ring (bicyclic) bond motifs is 1. The number of anilines is 1. The van der Waals surface area contributed by atoms with E-state index in [1.807, 2.05) is 6.92 Å². The van der Waals surface area contributed by atoms with Crippen molar-refractivity contribution in [3.63, 3.8) is 0 Å². The molecule has 2 atom stereocenters. The van der Waals surface area contributed by atoms with Crippen molar-refractivity contribution in [1.82, 2.24) is 4.90 Å². The van der Waals surface area contributed by atoms with Crippen LogP contribution in [0.25, 0.3) is 0 Å². The van der Waals surface area contributed by atoms with Gasteiger partial charge in [0.25, 0.3) is 17.7 Å². The fourth-order valence-electron chi connectivity index (χ4n) is 3.03. The summed E-state index contributed by atoms with van der Waals surface area (Å²) in [7, 11) is 0. The maximum absolute atomic E-state index is 12.9. The number of nitrogens with one attached hydrogen (secondary N) is 1. The molecule has 7 nitrogen and oxygen atoms in total. The third-order valence-corrected chi connectivity index (χ3v) is 4.95. The van der Waals surface area contributed by atoms with E-state index in [0.29, 0.717) is 12.1 Å². The van der Waals surface area contributed by atoms with Gasteiger partial charge in [-0.2, -0.15) is 0 Å². The Labute approximate surface area is 172 Å². The number of nitrogens with zero attached hydrogens (tertiary/aromatic N) is 1. The van der Waals surface area contributed by atoms with Crippen molar-refractivity contribution < 1.29 is 28.3 Å². The lowest BCUT2D eigenvalue weighted by Crippen LogP contribution is -2.37. The van der Waals surface area contributed by atoms with Gasteiger partial charge in [-0.25, -0.2) is 9.18 Å². The summed E-state index contributed by atoms with van der Waals surface area (Å²) in [5.74, 6) is -2.69. The molecular formula is C22H21FN2O5. The molecule has 0 saturated carbocycles. The molecule has 0 aromatic heterocycles. The van der Waals surface area contributed by atoms with E-state index in [2.05, 4.69) is 5.32 Å². The number of rotatable bonds is 6. The topological polar surface area (TPSA) is 92.8 Å². The van der Waals surface area contributed by atoms with Gasteiger partial charge in [0.05, 0.1) is 16.7 Å². The van der Waals surface area contributed by atoms with Gasteiger partial charge in [0.2, 0.25) is 0 Å². The van der Waals surface area contributed by atoms with Gasteiger partial charge in [-0.1, -0.05) is 6.92 Å². The summed E-state index contributed by atoms with van der Waals surface area (Å²) >= 11 is 0. The number of carbonyl (C=O) groups is 4. The predicted molar refractivity (Wildman–Crippen MR) is 107 cm³/mol. The third kappa shape index (κ3) is 4.07. The van der Waals surface area contributed by atoms with E-state index in [0.717, 1.165) is 0 Å². The summed E-state index contributed by atoms with van der Waals surface area (Å²) in [5.41, 5.74) is 0.788. The van der Waals surface area contributed by atoms with Crippen LogP contribution in [0.4, 0.5) is 10.1 Å². The van der Waals surface area contributed by atoms with Gasteiger partial charge in [0.1, 0.15) is 5.82 Å². The van der Waals surface area contributed by atoms with Crippen LogP contribution in [-0.4, -0.2) is 40.7 Å². The largest absolute Gasteiger partial charge is 0.449 e. The lowest BCUT2D eigenvalue weighted by atomic mass is 10.1. The Hall–Kier alpha value is -3.55. The van der Waals surface area contributed by atoms with Crippen LogP contribution < -0.4 is 5.32 Å². The van der Waals surface area contributed by atoms with E-state index in [4.69, 9.17) is 4.74 Å². The molecule has 0 spiro atoms. The molecule has 0 saturated heterocycles. The molecule has 3 rings (SSSR count). The van der Waals surface area contributed by atoms with Crippen molar-refractivity contribution in [2.24, 2.45) is 0 Å². The van der Waals surface area contributed by atoms with Crippen LogP contribution in [0.5, 0.6) is 0 Å². The van der Waals surface area contributed by atoms with Crippen LogP contribution in [0.2, 0.25) is 0 Å². The maximum Gasteiger partial charge on any atom is 0.338 e. The fraction of sp³-hybridized carbons (Fsp3) is 0.273. The first kappa shape index (κ1) is 21.2. The van der Waals surface area contributed by atoms with Crippen molar-refractivity contribution in [3.05, 3.63) is 65.0 Å². The number of ether oxygens (including phenoxy) is 1. The van der Waals surface area contributed by atoms with E-state index in [-0.39, 0.29) is 22.7 Å². The van der Waals surface area contributed by atoms with E-state index in [1.54, 1.807) is 6.92 Å². The van der Waals surface area contributed by atoms with E-state index in [1.165, 1.54) is 54.3 Å². The van der Waals surface area contributed by atoms with Crippen LogP contribution in [0, 0.1) is 5.82 Å². The highest BCUT2D eigenvalue weighted by Gasteiger charge is 2.38. The second kappa shape index (κ2) is 8.44. The van der Waals surface area contributed by atoms with E-state index >= 15 is 0 Å². The molecule has 156 valence electrons. The Morgan fingerprint density at radius 3 is 2.30 bits per heavy atom. The van der Waals surface area contributed by atoms with Gasteiger partial charge < -0.3 is 10.1 Å². The number of halogens is 1. The average Bonchev–Trinajstić information content (AvgIpc) is 2.98. The van der Waals surface area contributed by atoms with Crippen LogP contribution in [0.15, 0.2) is 42.5 Å². The van der Waals surface area contributed by atoms with Gasteiger partial charge >= 0.3 is 5.97 Å². The van der Waals surface area contributed by atoms with Crippen molar-refractivity contribution in [2.45, 2.75) is 39.3 Å². The minimum Gasteiger partial charge on any atom is -0.449 e. The zero-order chi connectivity index (χ0) is 22.0. The number of esters is 1. The Morgan fingerprint density at radius 2 is 1.67 bits per heavy atom. The van der Waals surface area contributed by atoms with Crippen LogP contribution in [-0.2, 0) is 9.53 Å². The summed E-state index contributed by atoms with van der Waals surface area (Å²) in [5, 5.41) is 2.52. The molecule has 0 radical (unpaired) electrons. The van der Waals surface area contributed by atoms with E-state index in [9.17, 15) is 23.6 Å². The summed E-state index contributed by atoms with van der Waals surface area (Å²) in [4.78, 5) is 50.9. The maximum atomic E-state index is 12.9. The summed E-state index contributed by atoms with van der Waals surface area (Å²) in [6.45, 7) is 5.04. The zero-order valence-corrected chi connectivity index (χ0v) is 16.8. The van der Waals surface area contributed by atoms with Gasteiger partial charge in [0, 0.05) is 11.7 Å². The fourth-order valence-corrected chi connectivity index (χ4v) is 3.03. The zero-order valence-electron chi connectivity index (χ0n) is 16.8. The molecule has 2 aromatic rings. The van der Waals surface area contributed by atoms with Crippen molar-refractivity contribution in [1.29, 1.82) is 0 Å². The molecule has 3 amide bonds. The SMILES string of the molecule is CC[C@H](C)N1C(=O)c2ccc(C(=O)O[C@H](C)C(=O)Nc3ccc(F)cc3)cc2C1=O. The molecule has 0 aliphatic carbocycles. The second-order valence-electron chi connectivity index (χ2n) is 7.04. The van der Waals surface area contributed by atoms with Gasteiger partial charge in [-0.3, -0.25) is 19.3 Å². The molecule has 0 fully saturated rings. The monoisotopic (exact) mass is 412 g/mol. The highest BCUT2D eigenvalue weighted by Crippen LogP contribution is 2.27. The standard InChI is InChI=1S/C22H21FN2O5/c1-4-12(2)25-20(27)17-10-5-14(11-18(17)21(25)28)22(29)30-13(3)19(26)24-16-8-6-15(23)7-9-16/h5-13H,4H2,1-3H3,(H,24,26)/t12-,13+/m0/s1. The highest BCUT2D eigenvalue weighted by atomic mass is 19.1. The molecular weight excluding hydrogens is 391 g/mol. The van der Waals surface area contributed by atoms with Crippen molar-refractivity contribution >= 4 is 29.4 Å². The average molecular weight is 412 g/mol. The number of carbonyl (C=O) groups excluding carboxylic acids is 4. The Balaban J connectivity index is 1.70. The first-order valence-electron chi connectivity index (χ1n) is 9.52. The van der Waals surface area contributed by atoms with Crippen LogP contribution >= 0.6 is 0 Å². The lowest BCUT2D eigenvalue weighted by Gasteiger charge is -2.20. The van der Waals surface area contributed by atoms with Gasteiger partial charge in [-0.05, 0) is 62.7 Å². The quantitative estimate of drug-likeness (QED) is 0.580. The summed E-state index contributed by atoms with van der Waals surface area (Å²) < 4.78 is 18.1. The van der Waals surface area contributed by atoms with Crippen molar-refractivity contribution in [3.8, 4) is 0 Å². The minimum atomic E-state index is -1.13. The van der Waals surface area contributed by atoms with E-state index < -0.39 is 35.6 Å². The number of benzene rings is 2. The predicted octanol–water partition coefficient (Wildman–Crippen LogP) is 3.40. The summed E-state index contributed by atoms with van der Waals surface area (Å²) in [6.07, 6.45) is -0.522. The minimum absolute atomic E-state index is 0.0577. The normalized spacial score (nSPS) is 14.9. The molecule has 1 aliphatic rings. The molecule has 1 N–H and O–H groups in total. The van der Waals surface area contributed by atoms with Crippen molar-refractivity contribution in [2.75, 3.05) is 5.32 Å². The molecule has 1 aliphatic heterocycles. The molecule has 0 unspecified atom stereocenters. The van der Waals surface area contributed by atoms with Crippen LogP contribution in [0.3, 0.4) is 0 Å². The second-order valence-corrected chi connectivity index (χ2v) is 7.04. The lowest BCUT2D eigenvalue weighted by molar-refractivity contribution is -0.123. The first-order valence-corrected chi connectivity index (χ1v) is 9.52. The Morgan fingerprint density at radius 1 is 1.03 bits per heavy atom. The molecule has 30 heavy (non-hydrogen) atoms. The number of hydrogen-bond acceptors (Lipinski definition) is 5. The molecule has 2 aromatic carbocycles. The summed E-state index contributed by atoms with van der Waals surface area (Å²) in [6, 6.07) is 9.00. The number of imide groups is 1. The Bertz CT molecular complexity index is 1020.